The average Bonchev–Trinajstić information content (AvgIpc) is 3.03. The van der Waals surface area contributed by atoms with Crippen LogP contribution < -0.4 is 10.9 Å². The van der Waals surface area contributed by atoms with E-state index in [2.05, 4.69) is 16.0 Å². The zero-order valence-electron chi connectivity index (χ0n) is 14.8. The number of ketones is 1. The number of nitrogens with zero attached hydrogens (tertiary/aromatic N) is 2. The number of amides is 2. The Balaban J connectivity index is 1.75. The second-order valence-corrected chi connectivity index (χ2v) is 7.39. The molecule has 0 unspecified atom stereocenters. The Kier molecular flexibility index (Phi) is 6.08. The lowest BCUT2D eigenvalue weighted by molar-refractivity contribution is -0.129. The molecular weight excluding hydrogens is 340 g/mol. The van der Waals surface area contributed by atoms with Crippen LogP contribution in [-0.2, 0) is 16.1 Å². The number of aromatic nitrogens is 2. The van der Waals surface area contributed by atoms with Gasteiger partial charge in [-0.1, -0.05) is 0 Å². The molecule has 0 saturated carbocycles. The van der Waals surface area contributed by atoms with Crippen LogP contribution in [0.3, 0.4) is 0 Å². The van der Waals surface area contributed by atoms with Crippen LogP contribution >= 0.6 is 11.3 Å². The number of aryl methyl sites for hydroxylation is 4. The molecule has 0 aliphatic carbocycles. The maximum atomic E-state index is 12.1. The Hall–Kier alpha value is -2.48. The first-order valence-corrected chi connectivity index (χ1v) is 8.77. The fourth-order valence-corrected chi connectivity index (χ4v) is 3.42. The van der Waals surface area contributed by atoms with Gasteiger partial charge in [-0.25, -0.2) is 0 Å². The lowest BCUT2D eigenvalue weighted by atomic mass is 10.1. The summed E-state index contributed by atoms with van der Waals surface area (Å²) in [6, 6.07) is 3.71. The minimum Gasteiger partial charge on any atom is -0.294 e. The quantitative estimate of drug-likeness (QED) is 0.607. The van der Waals surface area contributed by atoms with Crippen LogP contribution in [0, 0.1) is 27.7 Å². The highest BCUT2D eigenvalue weighted by Gasteiger charge is 2.14. The number of nitrogens with one attached hydrogen (secondary N) is 2. The molecule has 134 valence electrons. The molecule has 2 N–H and O–H groups in total. The van der Waals surface area contributed by atoms with E-state index in [0.717, 1.165) is 21.1 Å². The monoisotopic (exact) mass is 362 g/mol. The van der Waals surface area contributed by atoms with E-state index in [1.54, 1.807) is 16.0 Å². The van der Waals surface area contributed by atoms with Crippen molar-refractivity contribution in [2.24, 2.45) is 0 Å². The standard InChI is InChI=1S/C17H22N4O3S/c1-10-7-11(2)21(20-10)9-17(24)19-18-16(23)6-5-15(22)14-8-12(3)25-13(14)4/h7-8H,5-6,9H2,1-4H3,(H,18,23)(H,19,24). The van der Waals surface area contributed by atoms with Crippen LogP contribution in [0.5, 0.6) is 0 Å². The van der Waals surface area contributed by atoms with E-state index in [0.29, 0.717) is 5.56 Å². The minimum atomic E-state index is -0.403. The van der Waals surface area contributed by atoms with Crippen LogP contribution in [0.25, 0.3) is 0 Å². The lowest BCUT2D eigenvalue weighted by Gasteiger charge is -2.08. The smallest absolute Gasteiger partial charge is 0.260 e. The Labute approximate surface area is 150 Å². The van der Waals surface area contributed by atoms with E-state index in [9.17, 15) is 14.4 Å². The molecular formula is C17H22N4O3S. The molecule has 2 amide bonds. The summed E-state index contributed by atoms with van der Waals surface area (Å²) in [5.74, 6) is -0.846. The zero-order valence-corrected chi connectivity index (χ0v) is 15.6. The van der Waals surface area contributed by atoms with Crippen molar-refractivity contribution in [2.75, 3.05) is 0 Å². The molecule has 0 aliphatic rings. The molecule has 0 atom stereocenters. The molecule has 2 aromatic heterocycles. The van der Waals surface area contributed by atoms with Crippen LogP contribution in [0.1, 0.15) is 44.3 Å². The van der Waals surface area contributed by atoms with E-state index in [1.807, 2.05) is 39.8 Å². The van der Waals surface area contributed by atoms with Crippen molar-refractivity contribution >= 4 is 28.9 Å². The van der Waals surface area contributed by atoms with Crippen molar-refractivity contribution in [3.8, 4) is 0 Å². The van der Waals surface area contributed by atoms with Crippen LogP contribution in [0.4, 0.5) is 0 Å². The van der Waals surface area contributed by atoms with Crippen LogP contribution in [0.2, 0.25) is 0 Å². The second-order valence-electron chi connectivity index (χ2n) is 5.93. The van der Waals surface area contributed by atoms with Gasteiger partial charge in [0.15, 0.2) is 5.78 Å². The van der Waals surface area contributed by atoms with Gasteiger partial charge in [-0.2, -0.15) is 5.10 Å². The van der Waals surface area contributed by atoms with Crippen molar-refractivity contribution in [3.63, 3.8) is 0 Å². The number of thiophene rings is 1. The number of hydrogen-bond donors (Lipinski definition) is 2. The topological polar surface area (TPSA) is 93.1 Å². The third-order valence-electron chi connectivity index (χ3n) is 3.66. The first kappa shape index (κ1) is 18.9. The summed E-state index contributed by atoms with van der Waals surface area (Å²) in [6.07, 6.45) is 0.129. The second kappa shape index (κ2) is 8.06. The lowest BCUT2D eigenvalue weighted by Crippen LogP contribution is -2.43. The first-order valence-electron chi connectivity index (χ1n) is 7.95. The van der Waals surface area contributed by atoms with Crippen molar-refractivity contribution in [3.05, 3.63) is 38.8 Å². The molecule has 8 heteroatoms. The summed E-state index contributed by atoms with van der Waals surface area (Å²) < 4.78 is 1.56. The Morgan fingerprint density at radius 2 is 1.72 bits per heavy atom. The highest BCUT2D eigenvalue weighted by atomic mass is 32.1. The zero-order chi connectivity index (χ0) is 18.6. The number of hydrazine groups is 1. The number of Topliss-reactive ketones (excluding diaryl/α,β-unsaturated/α-hetero) is 1. The van der Waals surface area contributed by atoms with E-state index in [4.69, 9.17) is 0 Å². The summed E-state index contributed by atoms with van der Waals surface area (Å²) in [7, 11) is 0. The molecule has 2 aromatic rings. The Bertz CT molecular complexity index is 807. The molecule has 0 aromatic carbocycles. The largest absolute Gasteiger partial charge is 0.294 e. The molecule has 2 rings (SSSR count). The summed E-state index contributed by atoms with van der Waals surface area (Å²) in [4.78, 5) is 37.8. The summed E-state index contributed by atoms with van der Waals surface area (Å²) >= 11 is 1.56. The molecule has 0 saturated heterocycles. The van der Waals surface area contributed by atoms with Crippen molar-refractivity contribution in [2.45, 2.75) is 47.1 Å². The van der Waals surface area contributed by atoms with Crippen LogP contribution in [0.15, 0.2) is 12.1 Å². The van der Waals surface area contributed by atoms with E-state index < -0.39 is 5.91 Å². The first-order chi connectivity index (χ1) is 11.8. The van der Waals surface area contributed by atoms with E-state index >= 15 is 0 Å². The number of carbonyl (C=O) groups excluding carboxylic acids is 3. The van der Waals surface area contributed by atoms with Gasteiger partial charge in [0.25, 0.3) is 5.91 Å². The molecule has 2 heterocycles. The van der Waals surface area contributed by atoms with Gasteiger partial charge < -0.3 is 0 Å². The van der Waals surface area contributed by atoms with Crippen molar-refractivity contribution in [1.29, 1.82) is 0 Å². The van der Waals surface area contributed by atoms with Crippen LogP contribution in [-0.4, -0.2) is 27.4 Å². The fourth-order valence-electron chi connectivity index (χ4n) is 2.48. The molecule has 25 heavy (non-hydrogen) atoms. The van der Waals surface area contributed by atoms with Gasteiger partial charge in [-0.05, 0) is 39.8 Å². The predicted octanol–water partition coefficient (Wildman–Crippen LogP) is 1.99. The van der Waals surface area contributed by atoms with Crippen molar-refractivity contribution < 1.29 is 14.4 Å². The van der Waals surface area contributed by atoms with E-state index in [-0.39, 0.29) is 31.1 Å². The SMILES string of the molecule is Cc1cc(C)n(CC(=O)NNC(=O)CCC(=O)c2cc(C)sc2C)n1. The highest BCUT2D eigenvalue weighted by molar-refractivity contribution is 7.12. The molecule has 7 nitrogen and oxygen atoms in total. The normalized spacial score (nSPS) is 10.6. The number of rotatable bonds is 6. The highest BCUT2D eigenvalue weighted by Crippen LogP contribution is 2.22. The Morgan fingerprint density at radius 3 is 2.28 bits per heavy atom. The number of hydrogen-bond acceptors (Lipinski definition) is 5. The third kappa shape index (κ3) is 5.25. The molecule has 0 fully saturated rings. The summed E-state index contributed by atoms with van der Waals surface area (Å²) in [6.45, 7) is 7.55. The average molecular weight is 362 g/mol. The van der Waals surface area contributed by atoms with Gasteiger partial charge in [0.1, 0.15) is 6.54 Å². The Morgan fingerprint density at radius 1 is 1.04 bits per heavy atom. The maximum Gasteiger partial charge on any atom is 0.260 e. The fraction of sp³-hybridized carbons (Fsp3) is 0.412. The third-order valence-corrected chi connectivity index (χ3v) is 4.62. The van der Waals surface area contributed by atoms with Crippen molar-refractivity contribution in [1.82, 2.24) is 20.6 Å². The molecule has 0 bridgehead atoms. The molecule has 0 radical (unpaired) electrons. The number of carbonyl (C=O) groups is 3. The van der Waals surface area contributed by atoms with Gasteiger partial charge in [-0.15, -0.1) is 11.3 Å². The predicted molar refractivity (Wildman–Crippen MR) is 95.3 cm³/mol. The van der Waals surface area contributed by atoms with Gasteiger partial charge >= 0.3 is 0 Å². The van der Waals surface area contributed by atoms with Gasteiger partial charge in [0.05, 0.1) is 5.69 Å². The summed E-state index contributed by atoms with van der Waals surface area (Å²) in [5.41, 5.74) is 7.03. The van der Waals surface area contributed by atoms with E-state index in [1.165, 1.54) is 0 Å². The summed E-state index contributed by atoms with van der Waals surface area (Å²) in [5, 5.41) is 4.18. The molecule has 0 spiro atoms. The van der Waals surface area contributed by atoms with Gasteiger partial charge in [0.2, 0.25) is 5.91 Å². The maximum absolute atomic E-state index is 12.1. The minimum absolute atomic E-state index is 0.0201. The molecule has 0 aliphatic heterocycles. The van der Waals surface area contributed by atoms with Gasteiger partial charge in [-0.3, -0.25) is 29.9 Å². The van der Waals surface area contributed by atoms with Gasteiger partial charge in [0, 0.05) is 33.9 Å².